The van der Waals surface area contributed by atoms with Crippen LogP contribution in [0.1, 0.15) is 19.3 Å². The molecule has 1 fully saturated rings. The molecular weight excluding hydrogens is 174 g/mol. The van der Waals surface area contributed by atoms with Gasteiger partial charge in [0.05, 0.1) is 11.8 Å². The fourth-order valence-electron chi connectivity index (χ4n) is 1.66. The molecule has 0 aromatic heterocycles. The molecule has 5 heteroatoms. The number of hydrogen-bond acceptors (Lipinski definition) is 3. The molecule has 0 saturated carbocycles. The molecule has 0 unspecified atom stereocenters. The van der Waals surface area contributed by atoms with Crippen molar-refractivity contribution in [1.29, 1.82) is 0 Å². The molecule has 1 rings (SSSR count). The lowest BCUT2D eigenvalue weighted by Crippen LogP contribution is -2.43. The number of rotatable bonds is 3. The van der Waals surface area contributed by atoms with Crippen LogP contribution in [0.25, 0.3) is 0 Å². The van der Waals surface area contributed by atoms with E-state index in [1.54, 1.807) is 0 Å². The second kappa shape index (κ2) is 3.74. The average Bonchev–Trinajstić information content (AvgIpc) is 2.04. The van der Waals surface area contributed by atoms with Crippen molar-refractivity contribution in [3.8, 4) is 0 Å². The first-order chi connectivity index (χ1) is 6.07. The summed E-state index contributed by atoms with van der Waals surface area (Å²) in [7, 11) is 0. The van der Waals surface area contributed by atoms with Gasteiger partial charge in [-0.1, -0.05) is 0 Å². The molecule has 13 heavy (non-hydrogen) atoms. The number of carboxylic acid groups (broad SMARTS) is 2. The Morgan fingerprint density at radius 3 is 2.15 bits per heavy atom. The molecule has 1 aliphatic heterocycles. The molecule has 1 aliphatic rings. The molecule has 0 radical (unpaired) electrons. The maximum atomic E-state index is 10.9. The van der Waals surface area contributed by atoms with Gasteiger partial charge in [-0.3, -0.25) is 9.59 Å². The van der Waals surface area contributed by atoms with Gasteiger partial charge in [0.15, 0.2) is 0 Å². The van der Waals surface area contributed by atoms with Crippen LogP contribution in [0.3, 0.4) is 0 Å². The smallest absolute Gasteiger partial charge is 0.310 e. The first-order valence-corrected chi connectivity index (χ1v) is 4.23. The van der Waals surface area contributed by atoms with Crippen LogP contribution in [-0.4, -0.2) is 35.2 Å². The summed E-state index contributed by atoms with van der Waals surface area (Å²) in [5, 5.41) is 20.6. The van der Waals surface area contributed by atoms with Gasteiger partial charge in [-0.2, -0.15) is 0 Å². The molecule has 5 nitrogen and oxygen atoms in total. The fourth-order valence-corrected chi connectivity index (χ4v) is 1.66. The molecular formula is C8H13NO4. The predicted octanol–water partition coefficient (Wildman–Crippen LogP) is -0.0845. The molecule has 0 aliphatic carbocycles. The molecule has 0 amide bonds. The third kappa shape index (κ3) is 2.18. The van der Waals surface area contributed by atoms with Crippen molar-refractivity contribution in [3.05, 3.63) is 0 Å². The summed E-state index contributed by atoms with van der Waals surface area (Å²) in [5.41, 5.74) is -1.04. The summed E-state index contributed by atoms with van der Waals surface area (Å²) in [6.07, 6.45) is 0.521. The summed E-state index contributed by atoms with van der Waals surface area (Å²) < 4.78 is 0. The molecule has 0 bridgehead atoms. The maximum Gasteiger partial charge on any atom is 0.310 e. The molecule has 1 saturated heterocycles. The zero-order valence-corrected chi connectivity index (χ0v) is 7.25. The van der Waals surface area contributed by atoms with Crippen LogP contribution in [0.4, 0.5) is 0 Å². The number of nitrogens with one attached hydrogen (secondary N) is 1. The topological polar surface area (TPSA) is 86.6 Å². The first kappa shape index (κ1) is 9.98. The zero-order chi connectivity index (χ0) is 9.90. The van der Waals surface area contributed by atoms with E-state index in [-0.39, 0.29) is 6.42 Å². The normalized spacial score (nSPS) is 20.9. The lowest BCUT2D eigenvalue weighted by atomic mass is 9.76. The van der Waals surface area contributed by atoms with Gasteiger partial charge in [0.2, 0.25) is 0 Å². The summed E-state index contributed by atoms with van der Waals surface area (Å²) in [6, 6.07) is 0. The van der Waals surface area contributed by atoms with E-state index in [4.69, 9.17) is 10.2 Å². The first-order valence-electron chi connectivity index (χ1n) is 4.23. The Morgan fingerprint density at radius 1 is 1.23 bits per heavy atom. The average molecular weight is 187 g/mol. The van der Waals surface area contributed by atoms with Crippen molar-refractivity contribution >= 4 is 11.9 Å². The summed E-state index contributed by atoms with van der Waals surface area (Å²) in [6.45, 7) is 1.17. The molecule has 0 aromatic rings. The van der Waals surface area contributed by atoms with Crippen molar-refractivity contribution in [1.82, 2.24) is 5.32 Å². The van der Waals surface area contributed by atoms with Crippen LogP contribution in [0.15, 0.2) is 0 Å². The summed E-state index contributed by atoms with van der Waals surface area (Å²) in [5.74, 6) is -2.03. The highest BCUT2D eigenvalue weighted by Gasteiger charge is 2.41. The Labute approximate surface area is 75.7 Å². The Balaban J connectivity index is 2.73. The Morgan fingerprint density at radius 2 is 1.77 bits per heavy atom. The second-order valence-corrected chi connectivity index (χ2v) is 3.41. The van der Waals surface area contributed by atoms with Crippen molar-refractivity contribution in [2.24, 2.45) is 5.41 Å². The zero-order valence-electron chi connectivity index (χ0n) is 7.25. The number of hydrogen-bond donors (Lipinski definition) is 3. The minimum absolute atomic E-state index is 0.274. The van der Waals surface area contributed by atoms with E-state index < -0.39 is 17.4 Å². The van der Waals surface area contributed by atoms with E-state index >= 15 is 0 Å². The highest BCUT2D eigenvalue weighted by Crippen LogP contribution is 2.32. The van der Waals surface area contributed by atoms with Gasteiger partial charge < -0.3 is 15.5 Å². The lowest BCUT2D eigenvalue weighted by molar-refractivity contribution is -0.157. The Hall–Kier alpha value is -1.10. The molecule has 0 aromatic carbocycles. The maximum absolute atomic E-state index is 10.9. The molecule has 74 valence electrons. The van der Waals surface area contributed by atoms with Crippen molar-refractivity contribution in [2.45, 2.75) is 19.3 Å². The van der Waals surface area contributed by atoms with E-state index in [1.807, 2.05) is 0 Å². The highest BCUT2D eigenvalue weighted by atomic mass is 16.4. The predicted molar refractivity (Wildman–Crippen MR) is 44.4 cm³/mol. The molecule has 0 spiro atoms. The van der Waals surface area contributed by atoms with E-state index in [9.17, 15) is 9.59 Å². The third-order valence-electron chi connectivity index (χ3n) is 2.50. The van der Waals surface area contributed by atoms with Crippen LogP contribution in [0.2, 0.25) is 0 Å². The van der Waals surface area contributed by atoms with Gasteiger partial charge in [-0.05, 0) is 25.9 Å². The van der Waals surface area contributed by atoms with Crippen LogP contribution in [0, 0.1) is 5.41 Å². The van der Waals surface area contributed by atoms with Crippen molar-refractivity contribution in [2.75, 3.05) is 13.1 Å². The number of aliphatic carboxylic acids is 2. The van der Waals surface area contributed by atoms with Crippen LogP contribution in [-0.2, 0) is 9.59 Å². The standard InChI is InChI=1S/C8H13NO4/c10-6(11)5-8(7(12)13)1-3-9-4-2-8/h9H,1-5H2,(H,10,11)(H,12,13). The van der Waals surface area contributed by atoms with Gasteiger partial charge in [-0.15, -0.1) is 0 Å². The molecule has 3 N–H and O–H groups in total. The number of piperidine rings is 1. The van der Waals surface area contributed by atoms with Gasteiger partial charge in [0.25, 0.3) is 0 Å². The van der Waals surface area contributed by atoms with E-state index in [1.165, 1.54) is 0 Å². The quantitative estimate of drug-likeness (QED) is 0.575. The molecule has 0 atom stereocenters. The van der Waals surface area contributed by atoms with Crippen LogP contribution in [0.5, 0.6) is 0 Å². The Bertz CT molecular complexity index is 220. The van der Waals surface area contributed by atoms with Gasteiger partial charge in [0.1, 0.15) is 0 Å². The van der Waals surface area contributed by atoms with Crippen molar-refractivity contribution < 1.29 is 19.8 Å². The lowest BCUT2D eigenvalue weighted by Gasteiger charge is -2.31. The summed E-state index contributed by atoms with van der Waals surface area (Å²) in [4.78, 5) is 21.4. The SMILES string of the molecule is O=C(O)CC1(C(=O)O)CCNCC1. The molecule has 1 heterocycles. The number of carboxylic acids is 2. The van der Waals surface area contributed by atoms with Gasteiger partial charge in [-0.25, -0.2) is 0 Å². The van der Waals surface area contributed by atoms with Gasteiger partial charge in [0, 0.05) is 0 Å². The minimum atomic E-state index is -1.04. The number of carbonyl (C=O) groups is 2. The van der Waals surface area contributed by atoms with Crippen LogP contribution < -0.4 is 5.32 Å². The van der Waals surface area contributed by atoms with Crippen LogP contribution >= 0.6 is 0 Å². The highest BCUT2D eigenvalue weighted by molar-refractivity contribution is 5.81. The third-order valence-corrected chi connectivity index (χ3v) is 2.50. The van der Waals surface area contributed by atoms with E-state index in [2.05, 4.69) is 5.32 Å². The second-order valence-electron chi connectivity index (χ2n) is 3.41. The monoisotopic (exact) mass is 187 g/mol. The van der Waals surface area contributed by atoms with Gasteiger partial charge >= 0.3 is 11.9 Å². The van der Waals surface area contributed by atoms with Crippen molar-refractivity contribution in [3.63, 3.8) is 0 Å². The largest absolute Gasteiger partial charge is 0.481 e. The fraction of sp³-hybridized carbons (Fsp3) is 0.750. The van der Waals surface area contributed by atoms with E-state index in [0.29, 0.717) is 25.9 Å². The minimum Gasteiger partial charge on any atom is -0.481 e. The van der Waals surface area contributed by atoms with E-state index in [0.717, 1.165) is 0 Å². The Kier molecular flexibility index (Phi) is 2.87. The summed E-state index contributed by atoms with van der Waals surface area (Å²) >= 11 is 0.